The van der Waals surface area contributed by atoms with E-state index in [1.807, 2.05) is 0 Å². The van der Waals surface area contributed by atoms with Gasteiger partial charge in [0.15, 0.2) is 6.10 Å². The molecule has 346 valence electrons. The zero-order chi connectivity index (χ0) is 43.7. The van der Waals surface area contributed by atoms with Crippen LogP contribution >= 0.6 is 0 Å². The van der Waals surface area contributed by atoms with E-state index < -0.39 is 6.10 Å². The third-order valence-corrected chi connectivity index (χ3v) is 10.8. The molecule has 6 heteroatoms. The minimum Gasteiger partial charge on any atom is -0.462 e. The van der Waals surface area contributed by atoms with Crippen molar-refractivity contribution in [2.45, 2.75) is 252 Å². The molecule has 0 saturated heterocycles. The van der Waals surface area contributed by atoms with Gasteiger partial charge in [-0.05, 0) is 83.5 Å². The highest BCUT2D eigenvalue weighted by atomic mass is 16.6. The number of hydrogen-bond acceptors (Lipinski definition) is 6. The largest absolute Gasteiger partial charge is 0.462 e. The maximum absolute atomic E-state index is 12.7. The lowest BCUT2D eigenvalue weighted by Crippen LogP contribution is -2.30. The van der Waals surface area contributed by atoms with E-state index in [1.165, 1.54) is 103 Å². The topological polar surface area (TPSA) is 78.9 Å². The molecule has 0 rings (SSSR count). The van der Waals surface area contributed by atoms with Gasteiger partial charge in [0.2, 0.25) is 0 Å². The summed E-state index contributed by atoms with van der Waals surface area (Å²) < 4.78 is 16.7. The summed E-state index contributed by atoms with van der Waals surface area (Å²) in [6.45, 7) is 6.47. The number of rotatable bonds is 45. The van der Waals surface area contributed by atoms with Gasteiger partial charge in [0, 0.05) is 19.3 Å². The Balaban J connectivity index is 4.27. The average Bonchev–Trinajstić information content (AvgIpc) is 3.24. The van der Waals surface area contributed by atoms with Gasteiger partial charge >= 0.3 is 17.9 Å². The van der Waals surface area contributed by atoms with Crippen LogP contribution in [0.15, 0.2) is 60.8 Å². The van der Waals surface area contributed by atoms with Crippen molar-refractivity contribution in [3.63, 3.8) is 0 Å². The van der Waals surface area contributed by atoms with Crippen LogP contribution in [0.3, 0.4) is 0 Å². The average molecular weight is 839 g/mol. The van der Waals surface area contributed by atoms with Crippen molar-refractivity contribution >= 4 is 17.9 Å². The van der Waals surface area contributed by atoms with Crippen molar-refractivity contribution < 1.29 is 28.6 Å². The summed E-state index contributed by atoms with van der Waals surface area (Å²) in [5, 5.41) is 0. The number of esters is 3. The maximum atomic E-state index is 12.7. The van der Waals surface area contributed by atoms with E-state index in [1.54, 1.807) is 0 Å². The van der Waals surface area contributed by atoms with Crippen molar-refractivity contribution in [1.29, 1.82) is 0 Å². The molecule has 0 spiro atoms. The van der Waals surface area contributed by atoms with Gasteiger partial charge in [-0.3, -0.25) is 14.4 Å². The fourth-order valence-electron chi connectivity index (χ4n) is 6.96. The van der Waals surface area contributed by atoms with Gasteiger partial charge in [0.1, 0.15) is 13.2 Å². The number of carbonyl (C=O) groups excluding carboxylic acids is 3. The van der Waals surface area contributed by atoms with E-state index in [9.17, 15) is 14.4 Å². The van der Waals surface area contributed by atoms with Crippen LogP contribution in [0.5, 0.6) is 0 Å². The zero-order valence-electron chi connectivity index (χ0n) is 39.5. The van der Waals surface area contributed by atoms with Gasteiger partial charge in [-0.1, -0.05) is 204 Å². The van der Waals surface area contributed by atoms with Crippen molar-refractivity contribution in [1.82, 2.24) is 0 Å². The van der Waals surface area contributed by atoms with Gasteiger partial charge in [0.05, 0.1) is 0 Å². The highest BCUT2D eigenvalue weighted by Crippen LogP contribution is 2.14. The minimum absolute atomic E-state index is 0.0789. The minimum atomic E-state index is -0.777. The quantitative estimate of drug-likeness (QED) is 0.0263. The number of unbranched alkanes of at least 4 members (excludes halogenated alkanes) is 24. The predicted molar refractivity (Wildman–Crippen MR) is 256 cm³/mol. The Kier molecular flexibility index (Phi) is 46.4. The molecule has 0 bridgehead atoms. The molecule has 0 aliphatic carbocycles. The first-order valence-corrected chi connectivity index (χ1v) is 25.3. The van der Waals surface area contributed by atoms with Crippen LogP contribution in [0.1, 0.15) is 245 Å². The van der Waals surface area contributed by atoms with E-state index in [4.69, 9.17) is 14.2 Å². The summed E-state index contributed by atoms with van der Waals surface area (Å²) >= 11 is 0. The SMILES string of the molecule is CC/C=C\C/C=C\C/C=C\C/C=C\CCCCCCCCCCC(=O)OCC(COC(=O)CCCCCCCCCC)OC(=O)CCCCCCC/C=C\CCCCCC. The molecule has 0 aliphatic rings. The third-order valence-electron chi connectivity index (χ3n) is 10.8. The lowest BCUT2D eigenvalue weighted by atomic mass is 10.1. The van der Waals surface area contributed by atoms with Crippen molar-refractivity contribution in [2.24, 2.45) is 0 Å². The number of ether oxygens (including phenoxy) is 3. The van der Waals surface area contributed by atoms with E-state index in [0.29, 0.717) is 19.3 Å². The van der Waals surface area contributed by atoms with Crippen LogP contribution in [0, 0.1) is 0 Å². The first kappa shape index (κ1) is 57.1. The molecular formula is C54H94O6. The molecule has 0 heterocycles. The number of carbonyl (C=O) groups is 3. The summed E-state index contributed by atoms with van der Waals surface area (Å²) in [6.07, 6.45) is 59.2. The Morgan fingerprint density at radius 3 is 1.05 bits per heavy atom. The highest BCUT2D eigenvalue weighted by molar-refractivity contribution is 5.71. The molecule has 6 nitrogen and oxygen atoms in total. The molecule has 0 radical (unpaired) electrons. The first-order chi connectivity index (χ1) is 29.5. The molecule has 0 saturated carbocycles. The molecular weight excluding hydrogens is 745 g/mol. The van der Waals surface area contributed by atoms with Gasteiger partial charge < -0.3 is 14.2 Å². The van der Waals surface area contributed by atoms with Crippen LogP contribution in [0.2, 0.25) is 0 Å². The lowest BCUT2D eigenvalue weighted by molar-refractivity contribution is -0.167. The van der Waals surface area contributed by atoms with Crippen molar-refractivity contribution in [2.75, 3.05) is 13.2 Å². The molecule has 0 aromatic heterocycles. The van der Waals surface area contributed by atoms with Gasteiger partial charge in [-0.25, -0.2) is 0 Å². The third kappa shape index (κ3) is 46.2. The lowest BCUT2D eigenvalue weighted by Gasteiger charge is -2.18. The molecule has 1 unspecified atom stereocenters. The smallest absolute Gasteiger partial charge is 0.306 e. The summed E-state index contributed by atoms with van der Waals surface area (Å²) in [4.78, 5) is 37.8. The van der Waals surface area contributed by atoms with E-state index in [-0.39, 0.29) is 31.1 Å². The normalized spacial score (nSPS) is 12.5. The molecule has 0 aromatic rings. The second kappa shape index (κ2) is 48.8. The Labute approximate surface area is 370 Å². The Hall–Kier alpha value is -2.89. The number of allylic oxidation sites excluding steroid dienone is 10. The standard InChI is InChI=1S/C54H94O6/c1-4-7-10-13-16-19-21-23-24-25-26-27-28-29-30-32-33-35-38-41-44-47-53(56)59-50-51(49-58-52(55)46-43-40-37-18-15-12-9-6-3)60-54(57)48-45-42-39-36-34-31-22-20-17-14-11-8-5-2/h7,10,16,19-20,22-24,26-27,51H,4-6,8-9,11-15,17-18,21,25,28-50H2,1-3H3/b10-7-,19-16-,22-20-,24-23-,27-26-. The van der Waals surface area contributed by atoms with E-state index in [0.717, 1.165) is 103 Å². The first-order valence-electron chi connectivity index (χ1n) is 25.3. The predicted octanol–water partition coefficient (Wildman–Crippen LogP) is 16.5. The second-order valence-corrected chi connectivity index (χ2v) is 16.7. The van der Waals surface area contributed by atoms with Gasteiger partial charge in [0.25, 0.3) is 0 Å². The summed E-state index contributed by atoms with van der Waals surface area (Å²) in [5.41, 5.74) is 0. The zero-order valence-corrected chi connectivity index (χ0v) is 39.5. The molecule has 60 heavy (non-hydrogen) atoms. The van der Waals surface area contributed by atoms with E-state index >= 15 is 0 Å². The fourth-order valence-corrected chi connectivity index (χ4v) is 6.96. The Morgan fingerprint density at radius 1 is 0.350 bits per heavy atom. The molecule has 0 aliphatic heterocycles. The van der Waals surface area contributed by atoms with Crippen molar-refractivity contribution in [3.05, 3.63) is 60.8 Å². The molecule has 0 fully saturated rings. The van der Waals surface area contributed by atoms with Crippen molar-refractivity contribution in [3.8, 4) is 0 Å². The van der Waals surface area contributed by atoms with Gasteiger partial charge in [-0.2, -0.15) is 0 Å². The molecule has 0 aromatic carbocycles. The van der Waals surface area contributed by atoms with E-state index in [2.05, 4.69) is 81.5 Å². The van der Waals surface area contributed by atoms with Crippen LogP contribution < -0.4 is 0 Å². The summed E-state index contributed by atoms with van der Waals surface area (Å²) in [7, 11) is 0. The van der Waals surface area contributed by atoms with Crippen LogP contribution in [-0.2, 0) is 28.6 Å². The van der Waals surface area contributed by atoms with Gasteiger partial charge in [-0.15, -0.1) is 0 Å². The summed E-state index contributed by atoms with van der Waals surface area (Å²) in [5.74, 6) is -0.898. The van der Waals surface area contributed by atoms with Crippen LogP contribution in [0.4, 0.5) is 0 Å². The summed E-state index contributed by atoms with van der Waals surface area (Å²) in [6, 6.07) is 0. The highest BCUT2D eigenvalue weighted by Gasteiger charge is 2.19. The maximum Gasteiger partial charge on any atom is 0.306 e. The fraction of sp³-hybridized carbons (Fsp3) is 0.759. The second-order valence-electron chi connectivity index (χ2n) is 16.7. The molecule has 0 amide bonds. The monoisotopic (exact) mass is 839 g/mol. The Morgan fingerprint density at radius 2 is 0.650 bits per heavy atom. The molecule has 1 atom stereocenters. The van der Waals surface area contributed by atoms with Crippen LogP contribution in [-0.4, -0.2) is 37.2 Å². The molecule has 0 N–H and O–H groups in total. The Bertz CT molecular complexity index is 1100. The van der Waals surface area contributed by atoms with Crippen LogP contribution in [0.25, 0.3) is 0 Å². The number of hydrogen-bond donors (Lipinski definition) is 0.